The molecule has 0 saturated heterocycles. The Bertz CT molecular complexity index is 612. The number of sulfone groups is 1. The van der Waals surface area contributed by atoms with Gasteiger partial charge in [-0.2, -0.15) is 0 Å². The Kier molecular flexibility index (Phi) is 4.15. The largest absolute Gasteiger partial charge is 0.468 e. The normalized spacial score (nSPS) is 14.9. The highest BCUT2D eigenvalue weighted by Gasteiger charge is 2.23. The summed E-state index contributed by atoms with van der Waals surface area (Å²) in [5.41, 5.74) is 6.46. The number of carbonyl (C=O) groups is 1. The summed E-state index contributed by atoms with van der Waals surface area (Å²) in [6.07, 6.45) is 0. The third-order valence-corrected chi connectivity index (χ3v) is 4.37. The SMILES string of the molecule is COC(=O)CS(=O)(=O)CC(N)c1ccc2c(c1)OCO2. The number of ether oxygens (including phenoxy) is 3. The van der Waals surface area contributed by atoms with Crippen LogP contribution in [0, 0.1) is 0 Å². The summed E-state index contributed by atoms with van der Waals surface area (Å²) in [6.45, 7) is 0.134. The van der Waals surface area contributed by atoms with Crippen molar-refractivity contribution in [3.63, 3.8) is 0 Å². The molecule has 110 valence electrons. The molecule has 1 heterocycles. The molecule has 2 N–H and O–H groups in total. The van der Waals surface area contributed by atoms with Gasteiger partial charge in [0, 0.05) is 6.04 Å². The molecule has 0 saturated carbocycles. The number of fused-ring (bicyclic) bond motifs is 1. The molecule has 0 fully saturated rings. The van der Waals surface area contributed by atoms with Crippen LogP contribution >= 0.6 is 0 Å². The van der Waals surface area contributed by atoms with E-state index in [4.69, 9.17) is 15.2 Å². The molecule has 7 nitrogen and oxygen atoms in total. The van der Waals surface area contributed by atoms with Crippen LogP contribution in [0.15, 0.2) is 18.2 Å². The van der Waals surface area contributed by atoms with Crippen LogP contribution in [0.1, 0.15) is 11.6 Å². The molecular weight excluding hydrogens is 286 g/mol. The second-order valence-electron chi connectivity index (χ2n) is 4.35. The van der Waals surface area contributed by atoms with E-state index in [2.05, 4.69) is 4.74 Å². The first-order valence-electron chi connectivity index (χ1n) is 5.83. The molecule has 0 radical (unpaired) electrons. The number of hydrogen-bond donors (Lipinski definition) is 1. The van der Waals surface area contributed by atoms with E-state index in [-0.39, 0.29) is 12.5 Å². The number of esters is 1. The predicted octanol–water partition coefficient (Wildman–Crippen LogP) is 0.00290. The zero-order valence-electron chi connectivity index (χ0n) is 10.9. The smallest absolute Gasteiger partial charge is 0.320 e. The Morgan fingerprint density at radius 1 is 1.40 bits per heavy atom. The fourth-order valence-electron chi connectivity index (χ4n) is 1.81. The van der Waals surface area contributed by atoms with Gasteiger partial charge in [0.05, 0.1) is 12.9 Å². The number of methoxy groups -OCH3 is 1. The van der Waals surface area contributed by atoms with E-state index in [9.17, 15) is 13.2 Å². The van der Waals surface area contributed by atoms with Crippen LogP contribution in [0.3, 0.4) is 0 Å². The van der Waals surface area contributed by atoms with Crippen LogP contribution in [-0.4, -0.2) is 39.8 Å². The third kappa shape index (κ3) is 3.40. The fraction of sp³-hybridized carbons (Fsp3) is 0.417. The molecule has 0 spiro atoms. The molecule has 1 aromatic rings. The summed E-state index contributed by atoms with van der Waals surface area (Å²) in [6, 6.07) is 4.23. The third-order valence-electron chi connectivity index (χ3n) is 2.82. The second-order valence-corrected chi connectivity index (χ2v) is 6.46. The van der Waals surface area contributed by atoms with E-state index in [0.29, 0.717) is 17.1 Å². The number of rotatable bonds is 5. The van der Waals surface area contributed by atoms with E-state index in [0.717, 1.165) is 7.11 Å². The molecule has 1 aliphatic heterocycles. The second kappa shape index (κ2) is 5.68. The topological polar surface area (TPSA) is 105 Å². The molecule has 8 heteroatoms. The van der Waals surface area contributed by atoms with E-state index in [1.54, 1.807) is 18.2 Å². The maximum Gasteiger partial charge on any atom is 0.320 e. The summed E-state index contributed by atoms with van der Waals surface area (Å²) in [5.74, 6) is -0.701. The average Bonchev–Trinajstić information content (AvgIpc) is 2.84. The lowest BCUT2D eigenvalue weighted by Crippen LogP contribution is -2.27. The van der Waals surface area contributed by atoms with Gasteiger partial charge < -0.3 is 19.9 Å². The van der Waals surface area contributed by atoms with Crippen LogP contribution in [0.4, 0.5) is 0 Å². The Balaban J connectivity index is 2.08. The van der Waals surface area contributed by atoms with Crippen LogP contribution in [0.5, 0.6) is 11.5 Å². The van der Waals surface area contributed by atoms with Crippen molar-refractivity contribution in [3.8, 4) is 11.5 Å². The van der Waals surface area contributed by atoms with Gasteiger partial charge >= 0.3 is 5.97 Å². The van der Waals surface area contributed by atoms with Gasteiger partial charge in [-0.25, -0.2) is 8.42 Å². The van der Waals surface area contributed by atoms with Crippen LogP contribution in [-0.2, 0) is 19.4 Å². The molecule has 0 amide bonds. The lowest BCUT2D eigenvalue weighted by molar-refractivity contribution is -0.137. The van der Waals surface area contributed by atoms with Gasteiger partial charge in [-0.15, -0.1) is 0 Å². The number of carbonyl (C=O) groups excluding carboxylic acids is 1. The molecule has 20 heavy (non-hydrogen) atoms. The molecule has 1 atom stereocenters. The van der Waals surface area contributed by atoms with Gasteiger partial charge in [0.2, 0.25) is 6.79 Å². The molecule has 0 bridgehead atoms. The molecule has 0 aliphatic carbocycles. The van der Waals surface area contributed by atoms with Crippen molar-refractivity contribution in [1.82, 2.24) is 0 Å². The molecule has 0 aromatic heterocycles. The zero-order chi connectivity index (χ0) is 14.8. The number of hydrogen-bond acceptors (Lipinski definition) is 7. The quantitative estimate of drug-likeness (QED) is 0.763. The predicted molar refractivity (Wildman–Crippen MR) is 70.2 cm³/mol. The van der Waals surface area contributed by atoms with Crippen molar-refractivity contribution < 1.29 is 27.4 Å². The minimum atomic E-state index is -3.63. The van der Waals surface area contributed by atoms with Gasteiger partial charge in [-0.1, -0.05) is 6.07 Å². The van der Waals surface area contributed by atoms with E-state index < -0.39 is 27.6 Å². The van der Waals surface area contributed by atoms with Crippen molar-refractivity contribution in [1.29, 1.82) is 0 Å². The lowest BCUT2D eigenvalue weighted by Gasteiger charge is -2.12. The van der Waals surface area contributed by atoms with Gasteiger partial charge in [0.15, 0.2) is 21.3 Å². The Morgan fingerprint density at radius 3 is 2.80 bits per heavy atom. The van der Waals surface area contributed by atoms with Crippen molar-refractivity contribution in [2.75, 3.05) is 25.4 Å². The van der Waals surface area contributed by atoms with Crippen LogP contribution in [0.2, 0.25) is 0 Å². The van der Waals surface area contributed by atoms with Gasteiger partial charge in [0.1, 0.15) is 5.75 Å². The van der Waals surface area contributed by atoms with Gasteiger partial charge in [-0.05, 0) is 17.7 Å². The zero-order valence-corrected chi connectivity index (χ0v) is 11.7. The summed E-state index contributed by atoms with van der Waals surface area (Å²) in [4.78, 5) is 11.0. The summed E-state index contributed by atoms with van der Waals surface area (Å²) in [7, 11) is -2.49. The molecule has 1 aromatic carbocycles. The fourth-order valence-corrected chi connectivity index (χ4v) is 3.15. The molecule has 2 rings (SSSR count). The lowest BCUT2D eigenvalue weighted by atomic mass is 10.1. The maximum absolute atomic E-state index is 11.8. The minimum absolute atomic E-state index is 0.134. The van der Waals surface area contributed by atoms with Crippen LogP contribution in [0.25, 0.3) is 0 Å². The first kappa shape index (κ1) is 14.6. The standard InChI is InChI=1S/C12H15NO6S/c1-17-12(14)6-20(15,16)5-9(13)8-2-3-10-11(4-8)19-7-18-10/h2-4,9H,5-7,13H2,1H3. The molecule has 1 unspecified atom stereocenters. The first-order chi connectivity index (χ1) is 9.41. The minimum Gasteiger partial charge on any atom is -0.468 e. The van der Waals surface area contributed by atoms with Gasteiger partial charge in [0.25, 0.3) is 0 Å². The van der Waals surface area contributed by atoms with Crippen molar-refractivity contribution >= 4 is 15.8 Å². The van der Waals surface area contributed by atoms with Crippen molar-refractivity contribution in [3.05, 3.63) is 23.8 Å². The highest BCUT2D eigenvalue weighted by atomic mass is 32.2. The highest BCUT2D eigenvalue weighted by Crippen LogP contribution is 2.34. The first-order valence-corrected chi connectivity index (χ1v) is 7.66. The maximum atomic E-state index is 11.8. The highest BCUT2D eigenvalue weighted by molar-refractivity contribution is 7.92. The number of nitrogens with two attached hydrogens (primary N) is 1. The Labute approximate surface area is 116 Å². The summed E-state index contributed by atoms with van der Waals surface area (Å²) >= 11 is 0. The summed E-state index contributed by atoms with van der Waals surface area (Å²) < 4.78 is 38.3. The van der Waals surface area contributed by atoms with E-state index in [1.165, 1.54) is 0 Å². The van der Waals surface area contributed by atoms with Crippen molar-refractivity contribution in [2.45, 2.75) is 6.04 Å². The average molecular weight is 301 g/mol. The van der Waals surface area contributed by atoms with Crippen LogP contribution < -0.4 is 15.2 Å². The Hall–Kier alpha value is -1.80. The number of benzene rings is 1. The van der Waals surface area contributed by atoms with Gasteiger partial charge in [-0.3, -0.25) is 4.79 Å². The molecular formula is C12H15NO6S. The Morgan fingerprint density at radius 2 is 2.10 bits per heavy atom. The molecule has 1 aliphatic rings. The van der Waals surface area contributed by atoms with E-state index in [1.807, 2.05) is 0 Å². The van der Waals surface area contributed by atoms with Crippen molar-refractivity contribution in [2.24, 2.45) is 5.73 Å². The van der Waals surface area contributed by atoms with E-state index >= 15 is 0 Å². The monoisotopic (exact) mass is 301 g/mol. The summed E-state index contributed by atoms with van der Waals surface area (Å²) in [5, 5.41) is 0.